The van der Waals surface area contributed by atoms with Gasteiger partial charge in [-0.3, -0.25) is 4.79 Å². The number of amides is 1. The van der Waals surface area contributed by atoms with Crippen LogP contribution in [0, 0.1) is 20.8 Å². The van der Waals surface area contributed by atoms with Gasteiger partial charge in [-0.05, 0) is 73.6 Å². The van der Waals surface area contributed by atoms with Gasteiger partial charge in [-0.25, -0.2) is 4.98 Å². The minimum Gasteiger partial charge on any atom is -0.494 e. The second-order valence-corrected chi connectivity index (χ2v) is 8.65. The molecule has 3 rings (SSSR count). The van der Waals surface area contributed by atoms with Gasteiger partial charge in [0.1, 0.15) is 5.75 Å². The maximum absolute atomic E-state index is 12.2. The molecule has 3 aromatic rings. The van der Waals surface area contributed by atoms with E-state index in [-0.39, 0.29) is 5.91 Å². The summed E-state index contributed by atoms with van der Waals surface area (Å²) in [6, 6.07) is 10.4. The molecule has 1 aromatic heterocycles. The van der Waals surface area contributed by atoms with Crippen molar-refractivity contribution in [1.29, 1.82) is 0 Å². The third kappa shape index (κ3) is 4.90. The summed E-state index contributed by atoms with van der Waals surface area (Å²) < 4.78 is 6.91. The summed E-state index contributed by atoms with van der Waals surface area (Å²) in [6.07, 6.45) is 1.08. The molecule has 0 saturated carbocycles. The Morgan fingerprint density at radius 3 is 2.64 bits per heavy atom. The minimum atomic E-state index is -0.0247. The molecular formula is C23H28N2O2S. The van der Waals surface area contributed by atoms with Crippen LogP contribution < -0.4 is 10.1 Å². The first-order chi connectivity index (χ1) is 13.3. The zero-order valence-electron chi connectivity index (χ0n) is 17.3. The molecule has 0 saturated heterocycles. The second kappa shape index (κ2) is 8.74. The lowest BCUT2D eigenvalue weighted by molar-refractivity contribution is -0.116. The van der Waals surface area contributed by atoms with Crippen molar-refractivity contribution in [3.63, 3.8) is 0 Å². The molecule has 1 amide bonds. The first kappa shape index (κ1) is 20.3. The molecule has 0 spiro atoms. The lowest BCUT2D eigenvalue weighted by Gasteiger charge is -2.12. The first-order valence-electron chi connectivity index (χ1n) is 9.74. The van der Waals surface area contributed by atoms with Crippen molar-refractivity contribution in [3.05, 3.63) is 52.6 Å². The summed E-state index contributed by atoms with van der Waals surface area (Å²) in [5.41, 5.74) is 5.90. The Morgan fingerprint density at radius 1 is 1.14 bits per heavy atom. The molecule has 4 nitrogen and oxygen atoms in total. The fourth-order valence-corrected chi connectivity index (χ4v) is 4.47. The number of benzene rings is 2. The van der Waals surface area contributed by atoms with Crippen LogP contribution in [0.1, 0.15) is 54.9 Å². The Kier molecular flexibility index (Phi) is 6.35. The van der Waals surface area contributed by atoms with E-state index in [1.54, 1.807) is 0 Å². The average Bonchev–Trinajstić information content (AvgIpc) is 3.01. The van der Waals surface area contributed by atoms with E-state index in [2.05, 4.69) is 62.3 Å². The van der Waals surface area contributed by atoms with Crippen LogP contribution in [0.2, 0.25) is 0 Å². The van der Waals surface area contributed by atoms with Crippen molar-refractivity contribution in [1.82, 2.24) is 4.98 Å². The first-order valence-corrected chi connectivity index (χ1v) is 10.6. The molecule has 0 atom stereocenters. The van der Waals surface area contributed by atoms with Crippen molar-refractivity contribution in [2.75, 3.05) is 11.9 Å². The van der Waals surface area contributed by atoms with Crippen LogP contribution in [-0.2, 0) is 4.79 Å². The van der Waals surface area contributed by atoms with Crippen molar-refractivity contribution in [2.45, 2.75) is 53.4 Å². The minimum absolute atomic E-state index is 0.0247. The van der Waals surface area contributed by atoms with Crippen LogP contribution in [0.25, 0.3) is 10.2 Å². The molecule has 148 valence electrons. The highest BCUT2D eigenvalue weighted by Gasteiger charge is 2.10. The number of thiazole rings is 1. The standard InChI is InChI=1S/C23H28N2O2S/c1-14(2)19-9-8-18(13-16(19)4)27-10-6-7-21(26)24-23-25-22-17(5)11-15(3)12-20(22)28-23/h8-9,11-14H,6-7,10H2,1-5H3,(H,24,25,26). The molecule has 0 aliphatic rings. The predicted octanol–water partition coefficient (Wildman–Crippen LogP) is 6.14. The zero-order valence-corrected chi connectivity index (χ0v) is 18.1. The molecule has 0 aliphatic heterocycles. The highest BCUT2D eigenvalue weighted by molar-refractivity contribution is 7.22. The van der Waals surface area contributed by atoms with Gasteiger partial charge < -0.3 is 10.1 Å². The van der Waals surface area contributed by atoms with Crippen LogP contribution >= 0.6 is 11.3 Å². The van der Waals surface area contributed by atoms with E-state index < -0.39 is 0 Å². The topological polar surface area (TPSA) is 51.2 Å². The van der Waals surface area contributed by atoms with E-state index in [9.17, 15) is 4.79 Å². The van der Waals surface area contributed by atoms with E-state index >= 15 is 0 Å². The van der Waals surface area contributed by atoms with E-state index in [0.29, 0.717) is 30.5 Å². The largest absolute Gasteiger partial charge is 0.494 e. The summed E-state index contributed by atoms with van der Waals surface area (Å²) in [7, 11) is 0. The molecule has 0 unspecified atom stereocenters. The van der Waals surface area contributed by atoms with Crippen LogP contribution in [0.5, 0.6) is 5.75 Å². The number of rotatable bonds is 7. The van der Waals surface area contributed by atoms with Crippen LogP contribution in [0.4, 0.5) is 5.13 Å². The van der Waals surface area contributed by atoms with Crippen molar-refractivity contribution in [3.8, 4) is 5.75 Å². The van der Waals surface area contributed by atoms with E-state index in [1.165, 1.54) is 28.0 Å². The number of aromatic nitrogens is 1. The van der Waals surface area contributed by atoms with Crippen LogP contribution in [-0.4, -0.2) is 17.5 Å². The molecule has 2 aromatic carbocycles. The molecule has 1 N–H and O–H groups in total. The molecule has 0 radical (unpaired) electrons. The molecule has 1 heterocycles. The van der Waals surface area contributed by atoms with E-state index in [4.69, 9.17) is 4.74 Å². The fraction of sp³-hybridized carbons (Fsp3) is 0.391. The van der Waals surface area contributed by atoms with Crippen LogP contribution in [0.15, 0.2) is 30.3 Å². The van der Waals surface area contributed by atoms with Gasteiger partial charge in [0.15, 0.2) is 5.13 Å². The number of carbonyl (C=O) groups excluding carboxylic acids is 1. The maximum atomic E-state index is 12.2. The summed E-state index contributed by atoms with van der Waals surface area (Å²) >= 11 is 1.52. The number of nitrogens with one attached hydrogen (secondary N) is 1. The van der Waals surface area contributed by atoms with Crippen molar-refractivity contribution >= 4 is 32.6 Å². The Labute approximate surface area is 171 Å². The zero-order chi connectivity index (χ0) is 20.3. The fourth-order valence-electron chi connectivity index (χ4n) is 3.41. The smallest absolute Gasteiger partial charge is 0.226 e. The van der Waals surface area contributed by atoms with Gasteiger partial charge >= 0.3 is 0 Å². The number of hydrogen-bond donors (Lipinski definition) is 1. The molecule has 28 heavy (non-hydrogen) atoms. The Hall–Kier alpha value is -2.40. The predicted molar refractivity (Wildman–Crippen MR) is 118 cm³/mol. The maximum Gasteiger partial charge on any atom is 0.226 e. The lowest BCUT2D eigenvalue weighted by Crippen LogP contribution is -2.12. The molecular weight excluding hydrogens is 368 g/mol. The van der Waals surface area contributed by atoms with Gasteiger partial charge in [0.05, 0.1) is 16.8 Å². The van der Waals surface area contributed by atoms with Gasteiger partial charge in [-0.15, -0.1) is 0 Å². The summed E-state index contributed by atoms with van der Waals surface area (Å²) in [4.78, 5) is 16.8. The monoisotopic (exact) mass is 396 g/mol. The lowest BCUT2D eigenvalue weighted by atomic mass is 9.98. The normalized spacial score (nSPS) is 11.2. The van der Waals surface area contributed by atoms with Gasteiger partial charge in [0.25, 0.3) is 0 Å². The summed E-state index contributed by atoms with van der Waals surface area (Å²) in [6.45, 7) is 11.1. The number of hydrogen-bond acceptors (Lipinski definition) is 4. The Balaban J connectivity index is 1.48. The van der Waals surface area contributed by atoms with Crippen molar-refractivity contribution in [2.24, 2.45) is 0 Å². The molecule has 5 heteroatoms. The quantitative estimate of drug-likeness (QED) is 0.488. The van der Waals surface area contributed by atoms with Gasteiger partial charge in [-0.2, -0.15) is 0 Å². The van der Waals surface area contributed by atoms with Crippen molar-refractivity contribution < 1.29 is 9.53 Å². The van der Waals surface area contributed by atoms with Crippen LogP contribution in [0.3, 0.4) is 0 Å². The third-order valence-electron chi connectivity index (χ3n) is 4.76. The number of fused-ring (bicyclic) bond motifs is 1. The number of carbonyl (C=O) groups is 1. The Bertz CT molecular complexity index is 992. The molecule has 0 fully saturated rings. The molecule has 0 bridgehead atoms. The van der Waals surface area contributed by atoms with Gasteiger partial charge in [0.2, 0.25) is 5.91 Å². The average molecular weight is 397 g/mol. The van der Waals surface area contributed by atoms with Gasteiger partial charge in [-0.1, -0.05) is 37.3 Å². The van der Waals surface area contributed by atoms with E-state index in [1.807, 2.05) is 13.0 Å². The summed E-state index contributed by atoms with van der Waals surface area (Å²) in [5, 5.41) is 3.58. The highest BCUT2D eigenvalue weighted by atomic mass is 32.1. The number of anilines is 1. The second-order valence-electron chi connectivity index (χ2n) is 7.62. The van der Waals surface area contributed by atoms with Gasteiger partial charge in [0, 0.05) is 6.42 Å². The number of ether oxygens (including phenoxy) is 1. The van der Waals surface area contributed by atoms with E-state index in [0.717, 1.165) is 21.5 Å². The molecule has 0 aliphatic carbocycles. The number of aryl methyl sites for hydroxylation is 3. The SMILES string of the molecule is Cc1cc(C)c2nc(NC(=O)CCCOc3ccc(C(C)C)c(C)c3)sc2c1. The summed E-state index contributed by atoms with van der Waals surface area (Å²) in [5.74, 6) is 1.34. The highest BCUT2D eigenvalue weighted by Crippen LogP contribution is 2.29. The Morgan fingerprint density at radius 2 is 1.93 bits per heavy atom. The third-order valence-corrected chi connectivity index (χ3v) is 5.67. The number of nitrogens with zero attached hydrogens (tertiary/aromatic N) is 1.